The molecule has 1 aromatic carbocycles. The molecule has 0 amide bonds. The van der Waals surface area contributed by atoms with Gasteiger partial charge in [-0.2, -0.15) is 9.40 Å². The van der Waals surface area contributed by atoms with Gasteiger partial charge in [-0.15, -0.1) is 10.1 Å². The molecule has 0 spiro atoms. The average molecular weight is 664 g/mol. The average Bonchev–Trinajstić information content (AvgIpc) is 3.29. The third kappa shape index (κ3) is 8.19. The van der Waals surface area contributed by atoms with Gasteiger partial charge in [0.15, 0.2) is 5.52 Å². The predicted molar refractivity (Wildman–Crippen MR) is 167 cm³/mol. The summed E-state index contributed by atoms with van der Waals surface area (Å²) >= 11 is 0. The lowest BCUT2D eigenvalue weighted by Crippen LogP contribution is -2.60. The van der Waals surface area contributed by atoms with E-state index in [9.17, 15) is 28.1 Å². The number of sulfonamides is 1. The summed E-state index contributed by atoms with van der Waals surface area (Å²) < 4.78 is 41.2. The highest BCUT2D eigenvalue weighted by atomic mass is 32.2. The van der Waals surface area contributed by atoms with Gasteiger partial charge in [0.1, 0.15) is 23.7 Å². The predicted octanol–water partition coefficient (Wildman–Crippen LogP) is 2.29. The highest BCUT2D eigenvalue weighted by Crippen LogP contribution is 2.33. The van der Waals surface area contributed by atoms with Gasteiger partial charge in [0.25, 0.3) is 10.6 Å². The van der Waals surface area contributed by atoms with E-state index in [1.807, 2.05) is 25.8 Å². The highest BCUT2D eigenvalue weighted by Gasteiger charge is 2.39. The minimum Gasteiger partial charge on any atom is -0.493 e. The van der Waals surface area contributed by atoms with Gasteiger partial charge in [-0.05, 0) is 51.4 Å². The van der Waals surface area contributed by atoms with Crippen molar-refractivity contribution < 1.29 is 32.6 Å². The number of ether oxygens (including phenoxy) is 2. The molecule has 17 heteroatoms. The van der Waals surface area contributed by atoms with Gasteiger partial charge in [-0.3, -0.25) is 19.2 Å². The monoisotopic (exact) mass is 663 g/mol. The number of carbonyl (C=O) groups excluding carboxylic acids is 1. The molecule has 252 valence electrons. The van der Waals surface area contributed by atoms with Crippen LogP contribution in [0.3, 0.4) is 0 Å². The summed E-state index contributed by atoms with van der Waals surface area (Å²) in [5.74, 6) is 0.236. The van der Waals surface area contributed by atoms with Crippen LogP contribution in [0.2, 0.25) is 0 Å². The van der Waals surface area contributed by atoms with E-state index in [2.05, 4.69) is 14.9 Å². The summed E-state index contributed by atoms with van der Waals surface area (Å²) in [5.41, 5.74) is 1.48. The number of hydrogen-bond donors (Lipinski definition) is 1. The van der Waals surface area contributed by atoms with Crippen LogP contribution < -0.4 is 10.3 Å². The van der Waals surface area contributed by atoms with Crippen LogP contribution in [0.15, 0.2) is 27.9 Å². The fourth-order valence-corrected chi connectivity index (χ4v) is 6.74. The third-order valence-corrected chi connectivity index (χ3v) is 9.60. The maximum atomic E-state index is 13.6. The number of esters is 1. The Balaban J connectivity index is 1.37. The fraction of sp³-hybridized carbons (Fsp3) is 0.586. The van der Waals surface area contributed by atoms with E-state index in [0.717, 1.165) is 6.42 Å². The summed E-state index contributed by atoms with van der Waals surface area (Å²) in [6.07, 6.45) is 3.30. The van der Waals surface area contributed by atoms with E-state index in [0.29, 0.717) is 66.9 Å². The lowest BCUT2D eigenvalue weighted by Gasteiger charge is -2.42. The Kier molecular flexibility index (Phi) is 11.7. The van der Waals surface area contributed by atoms with Gasteiger partial charge in [0.2, 0.25) is 10.0 Å². The topological polar surface area (TPSA) is 192 Å². The fourth-order valence-electron chi connectivity index (χ4n) is 5.20. The molecule has 0 unspecified atom stereocenters. The Morgan fingerprint density at radius 3 is 2.65 bits per heavy atom. The molecule has 0 atom stereocenters. The second-order valence-corrected chi connectivity index (χ2v) is 13.0. The van der Waals surface area contributed by atoms with Gasteiger partial charge in [-0.25, -0.2) is 13.4 Å². The van der Waals surface area contributed by atoms with Crippen molar-refractivity contribution in [1.82, 2.24) is 29.0 Å². The minimum absolute atomic E-state index is 0.00104. The second-order valence-electron chi connectivity index (χ2n) is 11.1. The molecule has 1 aliphatic rings. The molecule has 3 heterocycles. The first kappa shape index (κ1) is 34.8. The van der Waals surface area contributed by atoms with E-state index < -0.39 is 15.1 Å². The maximum Gasteiger partial charge on any atom is 0.305 e. The minimum atomic E-state index is -3.87. The maximum absolute atomic E-state index is 13.6. The Labute approximate surface area is 266 Å². The molecular weight excluding hydrogens is 622 g/mol. The largest absolute Gasteiger partial charge is 0.493 e. The number of benzene rings is 1. The van der Waals surface area contributed by atoms with Gasteiger partial charge in [-0.1, -0.05) is 19.8 Å². The van der Waals surface area contributed by atoms with Crippen molar-refractivity contribution in [2.45, 2.75) is 63.3 Å². The number of nitrogens with one attached hydrogen (secondary N) is 1. The number of rotatable bonds is 18. The first-order chi connectivity index (χ1) is 22.0. The number of nitrogens with zero attached hydrogens (tertiary/aromatic N) is 6. The van der Waals surface area contributed by atoms with E-state index in [4.69, 9.17) is 14.5 Å². The molecule has 1 aliphatic heterocycles. The Bertz CT molecular complexity index is 1700. The van der Waals surface area contributed by atoms with Crippen molar-refractivity contribution in [2.75, 3.05) is 46.5 Å². The quantitative estimate of drug-likeness (QED) is 0.0905. The second kappa shape index (κ2) is 15.5. The number of aromatic amines is 1. The van der Waals surface area contributed by atoms with Crippen LogP contribution in [0.1, 0.15) is 51.6 Å². The molecule has 3 aromatic rings. The SMILES string of the molecule is CCCc1nn(C)c2c(=O)[nH]c(-c3cc(S(=O)(=O)N4CC(N(C)CCOC(=O)CCCCCO[N+](=O)[O-])C4)ccc3OCC)nc12. The molecule has 0 saturated carbocycles. The molecule has 16 nitrogen and oxygen atoms in total. The molecule has 1 N–H and O–H groups in total. The third-order valence-electron chi connectivity index (χ3n) is 7.77. The highest BCUT2D eigenvalue weighted by molar-refractivity contribution is 7.89. The van der Waals surface area contributed by atoms with Gasteiger partial charge in [0.05, 0.1) is 29.4 Å². The summed E-state index contributed by atoms with van der Waals surface area (Å²) in [6, 6.07) is 4.48. The smallest absolute Gasteiger partial charge is 0.305 e. The molecule has 46 heavy (non-hydrogen) atoms. The summed E-state index contributed by atoms with van der Waals surface area (Å²) in [7, 11) is -0.338. The molecular formula is C29H41N7O9S. The zero-order chi connectivity index (χ0) is 33.4. The van der Waals surface area contributed by atoms with Crippen molar-refractivity contribution in [3.8, 4) is 17.1 Å². The normalized spacial score (nSPS) is 14.0. The van der Waals surface area contributed by atoms with Crippen LogP contribution in [0, 0.1) is 10.1 Å². The summed E-state index contributed by atoms with van der Waals surface area (Å²) in [6.45, 7) is 5.28. The van der Waals surface area contributed by atoms with Crippen LogP contribution in [0.25, 0.3) is 22.4 Å². The molecule has 2 aromatic heterocycles. The number of fused-ring (bicyclic) bond motifs is 1. The van der Waals surface area contributed by atoms with Crippen molar-refractivity contribution in [3.63, 3.8) is 0 Å². The molecule has 0 bridgehead atoms. The number of H-pyrrole nitrogens is 1. The molecule has 1 fully saturated rings. The van der Waals surface area contributed by atoms with Crippen LogP contribution >= 0.6 is 0 Å². The standard InChI is InChI=1S/C29H41N7O9S/c1-5-10-23-26-27(34(4)32-23)29(38)31-28(30-26)22-17-21(12-13-24(22)43-6-2)46(41,42)35-18-20(19-35)33(3)14-16-44-25(37)11-8-7-9-15-45-36(39)40/h12-13,17,20H,5-11,14-16,18-19H2,1-4H3,(H,30,31,38). The lowest BCUT2D eigenvalue weighted by molar-refractivity contribution is -0.757. The number of carbonyl (C=O) groups is 1. The number of aryl methyl sites for hydroxylation is 2. The lowest BCUT2D eigenvalue weighted by atomic mass is 10.1. The van der Waals surface area contributed by atoms with Crippen molar-refractivity contribution >= 4 is 27.0 Å². The Morgan fingerprint density at radius 1 is 1.20 bits per heavy atom. The van der Waals surface area contributed by atoms with Crippen LogP contribution in [-0.4, -0.2) is 101 Å². The van der Waals surface area contributed by atoms with E-state index in [1.54, 1.807) is 13.1 Å². The van der Waals surface area contributed by atoms with E-state index in [-0.39, 0.29) is 61.0 Å². The van der Waals surface area contributed by atoms with Gasteiger partial charge >= 0.3 is 5.97 Å². The Hall–Kier alpha value is -4.09. The van der Waals surface area contributed by atoms with E-state index >= 15 is 0 Å². The molecule has 1 saturated heterocycles. The van der Waals surface area contributed by atoms with E-state index in [1.165, 1.54) is 21.1 Å². The van der Waals surface area contributed by atoms with Crippen molar-refractivity contribution in [1.29, 1.82) is 0 Å². The number of unbranched alkanes of at least 4 members (excludes halogenated alkanes) is 2. The molecule has 0 radical (unpaired) electrons. The first-order valence-corrected chi connectivity index (χ1v) is 16.8. The number of likely N-dealkylation sites (N-methyl/N-ethyl adjacent to an activating group) is 1. The van der Waals surface area contributed by atoms with Crippen molar-refractivity contribution in [3.05, 3.63) is 44.4 Å². The van der Waals surface area contributed by atoms with Crippen molar-refractivity contribution in [2.24, 2.45) is 7.05 Å². The zero-order valence-electron chi connectivity index (χ0n) is 26.6. The zero-order valence-corrected chi connectivity index (χ0v) is 27.4. The van der Waals surface area contributed by atoms with Gasteiger partial charge < -0.3 is 19.3 Å². The summed E-state index contributed by atoms with van der Waals surface area (Å²) in [4.78, 5) is 48.9. The summed E-state index contributed by atoms with van der Waals surface area (Å²) in [5, 5.41) is 13.8. The number of aromatic nitrogens is 4. The number of hydrogen-bond acceptors (Lipinski definition) is 12. The molecule has 0 aliphatic carbocycles. The van der Waals surface area contributed by atoms with Crippen LogP contribution in [0.4, 0.5) is 0 Å². The van der Waals surface area contributed by atoms with Gasteiger partial charge in [0, 0.05) is 39.1 Å². The van der Waals surface area contributed by atoms with Crippen LogP contribution in [0.5, 0.6) is 5.75 Å². The molecule has 4 rings (SSSR count). The first-order valence-electron chi connectivity index (χ1n) is 15.3. The van der Waals surface area contributed by atoms with Crippen LogP contribution in [-0.2, 0) is 37.9 Å². The Morgan fingerprint density at radius 2 is 1.96 bits per heavy atom.